The quantitative estimate of drug-likeness (QED) is 0.443. The Labute approximate surface area is 177 Å². The van der Waals surface area contributed by atoms with E-state index in [0.29, 0.717) is 15.7 Å². The van der Waals surface area contributed by atoms with Crippen LogP contribution in [0.3, 0.4) is 0 Å². The number of hydrogen-bond donors (Lipinski definition) is 2. The third kappa shape index (κ3) is 3.62. The van der Waals surface area contributed by atoms with E-state index in [1.54, 1.807) is 18.2 Å². The fraction of sp³-hybridized carbons (Fsp3) is 0. The first-order chi connectivity index (χ1) is 14.3. The highest BCUT2D eigenvalue weighted by molar-refractivity contribution is 9.10. The number of hydrogen-bond acceptors (Lipinski definition) is 4. The molecule has 1 aliphatic heterocycles. The number of furan rings is 1. The molecule has 4 rings (SSSR count). The molecule has 2 N–H and O–H groups in total. The molecule has 1 aliphatic rings. The lowest BCUT2D eigenvalue weighted by Crippen LogP contribution is -2.35. The second kappa shape index (κ2) is 7.60. The molecule has 0 saturated carbocycles. The van der Waals surface area contributed by atoms with Crippen LogP contribution in [0.5, 0.6) is 0 Å². The number of carboxylic acid groups (broad SMARTS) is 1. The van der Waals surface area contributed by atoms with E-state index in [4.69, 9.17) is 4.42 Å². The van der Waals surface area contributed by atoms with Crippen molar-refractivity contribution in [2.45, 2.75) is 0 Å². The van der Waals surface area contributed by atoms with Crippen LogP contribution in [-0.2, 0) is 9.59 Å². The molecule has 7 nitrogen and oxygen atoms in total. The van der Waals surface area contributed by atoms with Crippen LogP contribution in [-0.4, -0.2) is 22.9 Å². The lowest BCUT2D eigenvalue weighted by Gasteiger charge is -2.14. The summed E-state index contributed by atoms with van der Waals surface area (Å²) in [6, 6.07) is 12.9. The molecule has 1 aromatic heterocycles. The molecule has 0 spiro atoms. The zero-order valence-corrected chi connectivity index (χ0v) is 16.6. The predicted octanol–water partition coefficient (Wildman–Crippen LogP) is 4.01. The van der Waals surface area contributed by atoms with Crippen molar-refractivity contribution in [1.29, 1.82) is 0 Å². The minimum atomic E-state index is -1.12. The number of rotatable bonds is 4. The van der Waals surface area contributed by atoms with Crippen molar-refractivity contribution >= 4 is 45.5 Å². The van der Waals surface area contributed by atoms with E-state index in [1.165, 1.54) is 42.5 Å². The van der Waals surface area contributed by atoms with Crippen LogP contribution in [0.15, 0.2) is 69.1 Å². The van der Waals surface area contributed by atoms with E-state index in [2.05, 4.69) is 21.4 Å². The molecule has 30 heavy (non-hydrogen) atoms. The number of halogens is 2. The molecule has 1 saturated heterocycles. The zero-order chi connectivity index (χ0) is 21.4. The van der Waals surface area contributed by atoms with Gasteiger partial charge in [0.25, 0.3) is 11.8 Å². The van der Waals surface area contributed by atoms with Gasteiger partial charge in [0.2, 0.25) is 0 Å². The summed E-state index contributed by atoms with van der Waals surface area (Å²) < 4.78 is 19.4. The summed E-state index contributed by atoms with van der Waals surface area (Å²) >= 11 is 3.23. The van der Waals surface area contributed by atoms with Gasteiger partial charge in [-0.15, -0.1) is 0 Å². The predicted molar refractivity (Wildman–Crippen MR) is 109 cm³/mol. The number of anilines is 1. The Morgan fingerprint density at radius 2 is 1.83 bits per heavy atom. The maximum atomic E-state index is 13.1. The maximum absolute atomic E-state index is 13.1. The van der Waals surface area contributed by atoms with Crippen molar-refractivity contribution < 1.29 is 28.3 Å². The van der Waals surface area contributed by atoms with E-state index in [1.807, 2.05) is 0 Å². The maximum Gasteiger partial charge on any atom is 0.336 e. The third-order valence-corrected chi connectivity index (χ3v) is 4.86. The third-order valence-electron chi connectivity index (χ3n) is 4.37. The van der Waals surface area contributed by atoms with Gasteiger partial charge in [-0.1, -0.05) is 15.9 Å². The van der Waals surface area contributed by atoms with Crippen molar-refractivity contribution in [2.75, 3.05) is 5.01 Å². The van der Waals surface area contributed by atoms with Gasteiger partial charge in [0, 0.05) is 10.0 Å². The van der Waals surface area contributed by atoms with Crippen molar-refractivity contribution in [3.8, 4) is 11.3 Å². The van der Waals surface area contributed by atoms with Crippen LogP contribution >= 0.6 is 15.9 Å². The average molecular weight is 471 g/mol. The van der Waals surface area contributed by atoms with Crippen LogP contribution in [0, 0.1) is 5.82 Å². The molecular formula is C21H12BrFN2O5. The number of carboxylic acids is 1. The number of aromatic carboxylic acids is 1. The molecule has 2 aromatic carbocycles. The number of nitrogens with one attached hydrogen (secondary N) is 1. The Bertz CT molecular complexity index is 1220. The van der Waals surface area contributed by atoms with Gasteiger partial charge in [-0.2, -0.15) is 0 Å². The number of hydrazine groups is 1. The fourth-order valence-electron chi connectivity index (χ4n) is 2.96. The summed E-state index contributed by atoms with van der Waals surface area (Å²) in [5.74, 6) is -2.39. The second-order valence-electron chi connectivity index (χ2n) is 6.31. The number of carbonyl (C=O) groups excluding carboxylic acids is 2. The lowest BCUT2D eigenvalue weighted by molar-refractivity contribution is -0.117. The van der Waals surface area contributed by atoms with E-state index < -0.39 is 23.6 Å². The van der Waals surface area contributed by atoms with Crippen LogP contribution < -0.4 is 10.4 Å². The topological polar surface area (TPSA) is 99.9 Å². The molecule has 0 bridgehead atoms. The van der Waals surface area contributed by atoms with E-state index in [-0.39, 0.29) is 22.7 Å². The normalized spacial score (nSPS) is 15.0. The van der Waals surface area contributed by atoms with Crippen LogP contribution in [0.1, 0.15) is 16.1 Å². The first-order valence-electron chi connectivity index (χ1n) is 8.59. The highest BCUT2D eigenvalue weighted by atomic mass is 79.9. The van der Waals surface area contributed by atoms with Gasteiger partial charge in [-0.3, -0.25) is 15.0 Å². The molecule has 0 aliphatic carbocycles. The summed E-state index contributed by atoms with van der Waals surface area (Å²) in [7, 11) is 0. The molecule has 0 radical (unpaired) electrons. The minimum absolute atomic E-state index is 0.0371. The fourth-order valence-corrected chi connectivity index (χ4v) is 3.32. The van der Waals surface area contributed by atoms with Crippen molar-refractivity contribution in [3.63, 3.8) is 0 Å². The van der Waals surface area contributed by atoms with Crippen LogP contribution in [0.2, 0.25) is 0 Å². The molecule has 3 aromatic rings. The lowest BCUT2D eigenvalue weighted by atomic mass is 10.1. The van der Waals surface area contributed by atoms with Crippen LogP contribution in [0.25, 0.3) is 17.4 Å². The van der Waals surface area contributed by atoms with Crippen molar-refractivity contribution in [2.24, 2.45) is 0 Å². The molecular weight excluding hydrogens is 459 g/mol. The highest BCUT2D eigenvalue weighted by Gasteiger charge is 2.34. The molecule has 2 amide bonds. The molecule has 150 valence electrons. The van der Waals surface area contributed by atoms with Gasteiger partial charge in [0.1, 0.15) is 22.9 Å². The molecule has 9 heteroatoms. The molecule has 1 fully saturated rings. The van der Waals surface area contributed by atoms with Gasteiger partial charge in [-0.25, -0.2) is 14.2 Å². The second-order valence-corrected chi connectivity index (χ2v) is 7.23. The minimum Gasteiger partial charge on any atom is -0.478 e. The Hall–Kier alpha value is -3.72. The number of nitrogens with zero attached hydrogens (tertiary/aromatic N) is 1. The first kappa shape index (κ1) is 19.6. The van der Waals surface area contributed by atoms with Gasteiger partial charge >= 0.3 is 5.97 Å². The summed E-state index contributed by atoms with van der Waals surface area (Å²) in [5, 5.41) is 10.4. The monoisotopic (exact) mass is 470 g/mol. The van der Waals surface area contributed by atoms with Gasteiger partial charge in [-0.05, 0) is 60.7 Å². The average Bonchev–Trinajstić information content (AvgIpc) is 3.29. The summed E-state index contributed by atoms with van der Waals surface area (Å²) in [5.41, 5.74) is 2.93. The van der Waals surface area contributed by atoms with E-state index >= 15 is 0 Å². The Morgan fingerprint density at radius 3 is 2.53 bits per heavy atom. The summed E-state index contributed by atoms with van der Waals surface area (Å²) in [4.78, 5) is 36.4. The van der Waals surface area contributed by atoms with Gasteiger partial charge in [0.15, 0.2) is 0 Å². The number of carbonyl (C=O) groups is 3. The first-order valence-corrected chi connectivity index (χ1v) is 9.38. The van der Waals surface area contributed by atoms with E-state index in [0.717, 1.165) is 5.01 Å². The molecule has 2 heterocycles. The summed E-state index contributed by atoms with van der Waals surface area (Å²) in [6.07, 6.45) is 1.27. The van der Waals surface area contributed by atoms with Gasteiger partial charge < -0.3 is 9.52 Å². The largest absolute Gasteiger partial charge is 0.478 e. The Morgan fingerprint density at radius 1 is 1.10 bits per heavy atom. The van der Waals surface area contributed by atoms with Crippen LogP contribution in [0.4, 0.5) is 10.1 Å². The van der Waals surface area contributed by atoms with Crippen molar-refractivity contribution in [3.05, 3.63) is 81.8 Å². The van der Waals surface area contributed by atoms with Gasteiger partial charge in [0.05, 0.1) is 11.3 Å². The van der Waals surface area contributed by atoms with E-state index in [9.17, 15) is 23.9 Å². The standard InChI is InChI=1S/C21H12BrFN2O5/c22-11-1-7-15(16(9-11)21(28)29)18-8-6-14(30-18)10-17-19(26)24-25(20(17)27)13-4-2-12(23)3-5-13/h1-10H,(H,24,26)(H,28,29)/b17-10-. The zero-order valence-electron chi connectivity index (χ0n) is 15.1. The number of amides is 2. The smallest absolute Gasteiger partial charge is 0.336 e. The summed E-state index contributed by atoms with van der Waals surface area (Å²) in [6.45, 7) is 0. The SMILES string of the molecule is O=C1NN(c2ccc(F)cc2)C(=O)/C1=C\c1ccc(-c2ccc(Br)cc2C(=O)O)o1. The van der Waals surface area contributed by atoms with Crippen molar-refractivity contribution in [1.82, 2.24) is 5.43 Å². The highest BCUT2D eigenvalue weighted by Crippen LogP contribution is 2.30. The Kier molecular flexibility index (Phi) is 4.96. The Balaban J connectivity index is 1.65. The molecule has 0 unspecified atom stereocenters. The number of benzene rings is 2. The molecule has 0 atom stereocenters.